The number of rotatable bonds is 5. The Morgan fingerprint density at radius 1 is 1.35 bits per heavy atom. The van der Waals surface area contributed by atoms with Gasteiger partial charge in [0.15, 0.2) is 0 Å². The Kier molecular flexibility index (Phi) is 4.27. The van der Waals surface area contributed by atoms with E-state index in [1.165, 1.54) is 12.5 Å². The molecular formula is C16H17N3O4. The summed E-state index contributed by atoms with van der Waals surface area (Å²) in [6, 6.07) is 7.10. The third-order valence-electron chi connectivity index (χ3n) is 3.69. The average molecular weight is 315 g/mol. The molecule has 0 aromatic carbocycles. The predicted octanol–water partition coefficient (Wildman–Crippen LogP) is 1.76. The summed E-state index contributed by atoms with van der Waals surface area (Å²) in [4.78, 5) is 23.1. The van der Waals surface area contributed by atoms with Crippen molar-refractivity contribution in [2.45, 2.75) is 25.8 Å². The van der Waals surface area contributed by atoms with E-state index in [-0.39, 0.29) is 6.54 Å². The Labute approximate surface area is 132 Å². The van der Waals surface area contributed by atoms with E-state index in [0.29, 0.717) is 23.4 Å². The standard InChI is InChI=1S/C16H17N3O4/c1-10-7-13(10)14-5-4-12(23-14)9-18-19-16(21)15(20)17-8-11-3-2-6-22-11/h2-6,9-10,13H,7-8H2,1H3,(H,17,20)(H,19,21)/b18-9-/t10-,13-/m1/s1. The number of carbonyl (C=O) groups excluding carboxylic acids is 2. The first-order valence-corrected chi connectivity index (χ1v) is 7.37. The van der Waals surface area contributed by atoms with Crippen LogP contribution in [0.1, 0.15) is 36.5 Å². The number of furan rings is 2. The van der Waals surface area contributed by atoms with Crippen LogP contribution in [0.5, 0.6) is 0 Å². The summed E-state index contributed by atoms with van der Waals surface area (Å²) in [6.07, 6.45) is 4.00. The van der Waals surface area contributed by atoms with E-state index in [0.717, 1.165) is 12.2 Å². The summed E-state index contributed by atoms with van der Waals surface area (Å²) >= 11 is 0. The van der Waals surface area contributed by atoms with Crippen molar-refractivity contribution in [3.63, 3.8) is 0 Å². The molecule has 1 fully saturated rings. The summed E-state index contributed by atoms with van der Waals surface area (Å²) in [6.45, 7) is 2.31. The molecule has 120 valence electrons. The summed E-state index contributed by atoms with van der Waals surface area (Å²) < 4.78 is 10.7. The molecule has 0 saturated heterocycles. The number of hydrazone groups is 1. The lowest BCUT2D eigenvalue weighted by atomic mass is 10.3. The highest BCUT2D eigenvalue weighted by Crippen LogP contribution is 2.47. The molecule has 7 heteroatoms. The summed E-state index contributed by atoms with van der Waals surface area (Å²) in [5.41, 5.74) is 2.15. The van der Waals surface area contributed by atoms with Gasteiger partial charge in [0.1, 0.15) is 17.3 Å². The minimum atomic E-state index is -0.851. The maximum Gasteiger partial charge on any atom is 0.329 e. The minimum absolute atomic E-state index is 0.143. The van der Waals surface area contributed by atoms with Gasteiger partial charge in [0.25, 0.3) is 0 Å². The molecule has 2 aromatic heterocycles. The van der Waals surface area contributed by atoms with Gasteiger partial charge < -0.3 is 14.2 Å². The fraction of sp³-hybridized carbons (Fsp3) is 0.312. The smallest absolute Gasteiger partial charge is 0.329 e. The van der Waals surface area contributed by atoms with Gasteiger partial charge in [-0.1, -0.05) is 6.92 Å². The highest BCUT2D eigenvalue weighted by atomic mass is 16.3. The quantitative estimate of drug-likeness (QED) is 0.499. The van der Waals surface area contributed by atoms with Crippen LogP contribution in [0.25, 0.3) is 0 Å². The van der Waals surface area contributed by atoms with Gasteiger partial charge in [0, 0.05) is 5.92 Å². The maximum atomic E-state index is 11.6. The molecule has 1 aliphatic carbocycles. The molecule has 3 rings (SSSR count). The van der Waals surface area contributed by atoms with Crippen LogP contribution < -0.4 is 10.7 Å². The van der Waals surface area contributed by atoms with Crippen molar-refractivity contribution >= 4 is 18.0 Å². The number of hydrogen-bond acceptors (Lipinski definition) is 5. The Bertz CT molecular complexity index is 718. The largest absolute Gasteiger partial charge is 0.467 e. The molecule has 2 amide bonds. The maximum absolute atomic E-state index is 11.6. The fourth-order valence-electron chi connectivity index (χ4n) is 2.22. The van der Waals surface area contributed by atoms with Gasteiger partial charge in [-0.3, -0.25) is 9.59 Å². The van der Waals surface area contributed by atoms with Crippen LogP contribution in [-0.4, -0.2) is 18.0 Å². The second kappa shape index (κ2) is 6.51. The van der Waals surface area contributed by atoms with E-state index < -0.39 is 11.8 Å². The van der Waals surface area contributed by atoms with Gasteiger partial charge in [-0.2, -0.15) is 5.10 Å². The van der Waals surface area contributed by atoms with Crippen molar-refractivity contribution < 1.29 is 18.4 Å². The first-order valence-electron chi connectivity index (χ1n) is 7.37. The lowest BCUT2D eigenvalue weighted by Crippen LogP contribution is -2.37. The van der Waals surface area contributed by atoms with Crippen LogP contribution in [0, 0.1) is 5.92 Å². The molecular weight excluding hydrogens is 298 g/mol. The van der Waals surface area contributed by atoms with E-state index in [9.17, 15) is 9.59 Å². The molecule has 0 bridgehead atoms. The van der Waals surface area contributed by atoms with E-state index in [1.807, 2.05) is 6.07 Å². The molecule has 2 heterocycles. The average Bonchev–Trinajstić information content (AvgIpc) is 2.99. The number of hydrogen-bond donors (Lipinski definition) is 2. The minimum Gasteiger partial charge on any atom is -0.467 e. The van der Waals surface area contributed by atoms with Crippen molar-refractivity contribution in [2.24, 2.45) is 11.0 Å². The first-order chi connectivity index (χ1) is 11.1. The molecule has 0 radical (unpaired) electrons. The van der Waals surface area contributed by atoms with E-state index in [4.69, 9.17) is 8.83 Å². The number of nitrogens with one attached hydrogen (secondary N) is 2. The number of nitrogens with zero attached hydrogens (tertiary/aromatic N) is 1. The van der Waals surface area contributed by atoms with Crippen LogP contribution >= 0.6 is 0 Å². The molecule has 0 aliphatic heterocycles. The fourth-order valence-corrected chi connectivity index (χ4v) is 2.22. The lowest BCUT2D eigenvalue weighted by molar-refractivity contribution is -0.139. The molecule has 23 heavy (non-hydrogen) atoms. The number of amides is 2. The molecule has 1 saturated carbocycles. The predicted molar refractivity (Wildman–Crippen MR) is 81.5 cm³/mol. The third-order valence-corrected chi connectivity index (χ3v) is 3.69. The molecule has 7 nitrogen and oxygen atoms in total. The Balaban J connectivity index is 1.44. The zero-order valence-electron chi connectivity index (χ0n) is 12.6. The van der Waals surface area contributed by atoms with Gasteiger partial charge in [-0.25, -0.2) is 5.43 Å². The van der Waals surface area contributed by atoms with Gasteiger partial charge >= 0.3 is 11.8 Å². The van der Waals surface area contributed by atoms with Gasteiger partial charge in [-0.15, -0.1) is 0 Å². The van der Waals surface area contributed by atoms with E-state index in [2.05, 4.69) is 22.8 Å². The van der Waals surface area contributed by atoms with Crippen molar-refractivity contribution in [2.75, 3.05) is 0 Å². The molecule has 1 aliphatic rings. The Morgan fingerprint density at radius 3 is 2.87 bits per heavy atom. The zero-order chi connectivity index (χ0) is 16.2. The summed E-state index contributed by atoms with van der Waals surface area (Å²) in [5.74, 6) is 1.53. The topological polar surface area (TPSA) is 96.8 Å². The third kappa shape index (κ3) is 3.88. The zero-order valence-corrected chi connectivity index (χ0v) is 12.6. The molecule has 2 aromatic rings. The Morgan fingerprint density at radius 2 is 2.17 bits per heavy atom. The number of carbonyl (C=O) groups is 2. The van der Waals surface area contributed by atoms with Crippen LogP contribution in [0.4, 0.5) is 0 Å². The molecule has 2 N–H and O–H groups in total. The van der Waals surface area contributed by atoms with Gasteiger partial charge in [-0.05, 0) is 36.6 Å². The molecule has 0 unspecified atom stereocenters. The lowest BCUT2D eigenvalue weighted by Gasteiger charge is -2.01. The van der Waals surface area contributed by atoms with Crippen LogP contribution in [-0.2, 0) is 16.1 Å². The van der Waals surface area contributed by atoms with Gasteiger partial charge in [0.05, 0.1) is 19.0 Å². The van der Waals surface area contributed by atoms with Crippen molar-refractivity contribution in [3.8, 4) is 0 Å². The SMILES string of the molecule is C[C@@H]1C[C@H]1c1ccc(/C=N\NC(=O)C(=O)NCc2ccco2)o1. The highest BCUT2D eigenvalue weighted by molar-refractivity contribution is 6.35. The summed E-state index contributed by atoms with van der Waals surface area (Å²) in [7, 11) is 0. The van der Waals surface area contributed by atoms with Gasteiger partial charge in [0.2, 0.25) is 0 Å². The normalized spacial score (nSPS) is 19.7. The summed E-state index contributed by atoms with van der Waals surface area (Å²) in [5, 5.41) is 6.14. The van der Waals surface area contributed by atoms with Crippen LogP contribution in [0.3, 0.4) is 0 Å². The van der Waals surface area contributed by atoms with Crippen molar-refractivity contribution in [3.05, 3.63) is 47.8 Å². The van der Waals surface area contributed by atoms with Crippen molar-refractivity contribution in [1.82, 2.24) is 10.7 Å². The van der Waals surface area contributed by atoms with E-state index >= 15 is 0 Å². The van der Waals surface area contributed by atoms with Crippen LogP contribution in [0.15, 0.2) is 44.5 Å². The van der Waals surface area contributed by atoms with Crippen molar-refractivity contribution in [1.29, 1.82) is 0 Å². The monoisotopic (exact) mass is 315 g/mol. The molecule has 0 spiro atoms. The first kappa shape index (κ1) is 15.1. The van der Waals surface area contributed by atoms with E-state index in [1.54, 1.807) is 18.2 Å². The van der Waals surface area contributed by atoms with Crippen LogP contribution in [0.2, 0.25) is 0 Å². The second-order valence-electron chi connectivity index (χ2n) is 5.52. The molecule has 2 atom stereocenters. The second-order valence-corrected chi connectivity index (χ2v) is 5.52. The highest BCUT2D eigenvalue weighted by Gasteiger charge is 2.36. The Hall–Kier alpha value is -2.83.